The number of carbonyl (C=O) groups is 2. The first-order valence-electron chi connectivity index (χ1n) is 10.2. The first kappa shape index (κ1) is 21.3. The molecule has 0 spiro atoms. The Kier molecular flexibility index (Phi) is 7.02. The number of carboxylic acids is 1. The van der Waals surface area contributed by atoms with Gasteiger partial charge in [0.25, 0.3) is 0 Å². The number of allylic oxidation sites excluding steroid dienone is 1. The summed E-state index contributed by atoms with van der Waals surface area (Å²) in [6.07, 6.45) is 8.98. The van der Waals surface area contributed by atoms with Crippen LogP contribution in [-0.2, 0) is 17.8 Å². The molecule has 0 saturated heterocycles. The molecule has 3 rings (SSSR count). The number of aliphatic carboxylic acids is 1. The molecule has 0 amide bonds. The monoisotopic (exact) mass is 401 g/mol. The fraction of sp³-hybridized carbons (Fsp3) is 0.231. The van der Waals surface area contributed by atoms with E-state index in [1.807, 2.05) is 97.6 Å². The molecule has 0 aliphatic rings. The second kappa shape index (κ2) is 9.88. The molecule has 3 aromatic rings. The van der Waals surface area contributed by atoms with Gasteiger partial charge >= 0.3 is 5.97 Å². The Morgan fingerprint density at radius 2 is 1.83 bits per heavy atom. The van der Waals surface area contributed by atoms with Gasteiger partial charge < -0.3 is 9.67 Å². The average Bonchev–Trinajstić information content (AvgIpc) is 3.21. The molecule has 1 unspecified atom stereocenters. The number of rotatable bonds is 9. The van der Waals surface area contributed by atoms with Gasteiger partial charge in [-0.1, -0.05) is 73.2 Å². The van der Waals surface area contributed by atoms with Gasteiger partial charge in [0.05, 0.1) is 5.92 Å². The number of ketones is 1. The summed E-state index contributed by atoms with van der Waals surface area (Å²) >= 11 is 0. The lowest BCUT2D eigenvalue weighted by Gasteiger charge is -2.10. The molecule has 30 heavy (non-hydrogen) atoms. The minimum absolute atomic E-state index is 0.0225. The predicted molar refractivity (Wildman–Crippen MR) is 120 cm³/mol. The zero-order valence-electron chi connectivity index (χ0n) is 17.4. The van der Waals surface area contributed by atoms with E-state index in [0.29, 0.717) is 30.5 Å². The van der Waals surface area contributed by atoms with Crippen LogP contribution in [0.3, 0.4) is 0 Å². The van der Waals surface area contributed by atoms with Crippen molar-refractivity contribution in [3.8, 4) is 0 Å². The molecule has 1 heterocycles. The average molecular weight is 402 g/mol. The minimum Gasteiger partial charge on any atom is -0.481 e. The molecule has 4 heteroatoms. The standard InChI is InChI=1S/C26H27NO3/c1-3-22(26(29)30)17-21-7-4-6-20(16-21)8-5-14-27-15-13-24(18-27)25(28)23-11-9-19(2)10-12-23/h4-13,15-16,18,22H,3,14,17H2,1-2H3,(H,29,30). The van der Waals surface area contributed by atoms with Crippen molar-refractivity contribution in [1.29, 1.82) is 0 Å². The Bertz CT molecular complexity index is 1040. The second-order valence-electron chi connectivity index (χ2n) is 7.59. The Morgan fingerprint density at radius 1 is 1.07 bits per heavy atom. The second-order valence-corrected chi connectivity index (χ2v) is 7.59. The summed E-state index contributed by atoms with van der Waals surface area (Å²) in [6, 6.07) is 17.4. The Morgan fingerprint density at radius 3 is 2.53 bits per heavy atom. The third kappa shape index (κ3) is 5.57. The van der Waals surface area contributed by atoms with Crippen LogP contribution in [0.15, 0.2) is 73.1 Å². The molecule has 0 bridgehead atoms. The van der Waals surface area contributed by atoms with E-state index in [1.165, 1.54) is 0 Å². The summed E-state index contributed by atoms with van der Waals surface area (Å²) < 4.78 is 1.97. The molecule has 2 aromatic carbocycles. The van der Waals surface area contributed by atoms with Crippen LogP contribution in [0.4, 0.5) is 0 Å². The van der Waals surface area contributed by atoms with Crippen molar-refractivity contribution >= 4 is 17.8 Å². The lowest BCUT2D eigenvalue weighted by molar-refractivity contribution is -0.141. The number of aryl methyl sites for hydroxylation is 1. The summed E-state index contributed by atoms with van der Waals surface area (Å²) in [5.74, 6) is -1.08. The van der Waals surface area contributed by atoms with Gasteiger partial charge in [0.15, 0.2) is 5.78 Å². The van der Waals surface area contributed by atoms with E-state index < -0.39 is 5.97 Å². The molecule has 0 radical (unpaired) electrons. The number of aromatic nitrogens is 1. The van der Waals surface area contributed by atoms with E-state index in [-0.39, 0.29) is 11.7 Å². The van der Waals surface area contributed by atoms with Crippen molar-refractivity contribution in [1.82, 2.24) is 4.57 Å². The maximum Gasteiger partial charge on any atom is 0.306 e. The number of benzene rings is 2. The molecule has 1 atom stereocenters. The van der Waals surface area contributed by atoms with Crippen LogP contribution in [0, 0.1) is 12.8 Å². The number of carbonyl (C=O) groups excluding carboxylic acids is 1. The van der Waals surface area contributed by atoms with Crippen LogP contribution in [0.2, 0.25) is 0 Å². The van der Waals surface area contributed by atoms with Gasteiger partial charge in [0.2, 0.25) is 0 Å². The summed E-state index contributed by atoms with van der Waals surface area (Å²) in [5.41, 5.74) is 4.56. The van der Waals surface area contributed by atoms with Crippen molar-refractivity contribution in [2.45, 2.75) is 33.2 Å². The molecule has 0 fully saturated rings. The zero-order chi connectivity index (χ0) is 21.5. The molecular formula is C26H27NO3. The highest BCUT2D eigenvalue weighted by Gasteiger charge is 2.15. The van der Waals surface area contributed by atoms with Gasteiger partial charge in [-0.25, -0.2) is 0 Å². The van der Waals surface area contributed by atoms with Crippen molar-refractivity contribution < 1.29 is 14.7 Å². The molecule has 4 nitrogen and oxygen atoms in total. The lowest BCUT2D eigenvalue weighted by atomic mass is 9.96. The molecule has 0 saturated carbocycles. The van der Waals surface area contributed by atoms with E-state index in [0.717, 1.165) is 16.7 Å². The summed E-state index contributed by atoms with van der Waals surface area (Å²) in [6.45, 7) is 4.55. The molecule has 0 aliphatic carbocycles. The van der Waals surface area contributed by atoms with Gasteiger partial charge in [-0.3, -0.25) is 9.59 Å². The smallest absolute Gasteiger partial charge is 0.306 e. The SMILES string of the molecule is CCC(Cc1cccc(C=CCn2ccc(C(=O)c3ccc(C)cc3)c2)c1)C(=O)O. The minimum atomic E-state index is -0.748. The maximum atomic E-state index is 12.6. The topological polar surface area (TPSA) is 59.3 Å². The summed E-state index contributed by atoms with van der Waals surface area (Å²) in [5, 5.41) is 9.26. The van der Waals surface area contributed by atoms with Crippen LogP contribution in [0.5, 0.6) is 0 Å². The number of nitrogens with zero attached hydrogens (tertiary/aromatic N) is 1. The highest BCUT2D eigenvalue weighted by molar-refractivity contribution is 6.08. The van der Waals surface area contributed by atoms with Crippen LogP contribution in [0.1, 0.15) is 46.0 Å². The Balaban J connectivity index is 1.62. The van der Waals surface area contributed by atoms with E-state index in [1.54, 1.807) is 0 Å². The number of carboxylic acid groups (broad SMARTS) is 1. The van der Waals surface area contributed by atoms with E-state index in [2.05, 4.69) is 0 Å². The Hall–Kier alpha value is -3.40. The molecule has 1 aromatic heterocycles. The highest BCUT2D eigenvalue weighted by atomic mass is 16.4. The molecule has 1 N–H and O–H groups in total. The number of hydrogen-bond acceptors (Lipinski definition) is 2. The van der Waals surface area contributed by atoms with Crippen LogP contribution in [-0.4, -0.2) is 21.4 Å². The Labute approximate surface area is 177 Å². The normalized spacial score (nSPS) is 12.2. The summed E-state index contributed by atoms with van der Waals surface area (Å²) in [4.78, 5) is 23.9. The predicted octanol–water partition coefficient (Wildman–Crippen LogP) is 5.39. The fourth-order valence-electron chi connectivity index (χ4n) is 3.39. The van der Waals surface area contributed by atoms with E-state index in [9.17, 15) is 14.7 Å². The third-order valence-corrected chi connectivity index (χ3v) is 5.23. The van der Waals surface area contributed by atoms with Crippen LogP contribution >= 0.6 is 0 Å². The van der Waals surface area contributed by atoms with Crippen molar-refractivity contribution in [2.75, 3.05) is 0 Å². The van der Waals surface area contributed by atoms with Gasteiger partial charge in [0, 0.05) is 30.1 Å². The molecule has 154 valence electrons. The first-order chi connectivity index (χ1) is 14.5. The maximum absolute atomic E-state index is 12.6. The van der Waals surface area contributed by atoms with Crippen molar-refractivity contribution in [3.05, 3.63) is 101 Å². The van der Waals surface area contributed by atoms with Crippen LogP contribution < -0.4 is 0 Å². The molecular weight excluding hydrogens is 374 g/mol. The van der Waals surface area contributed by atoms with Crippen LogP contribution in [0.25, 0.3) is 6.08 Å². The van der Waals surface area contributed by atoms with Gasteiger partial charge in [-0.2, -0.15) is 0 Å². The first-order valence-corrected chi connectivity index (χ1v) is 10.2. The number of hydrogen-bond donors (Lipinski definition) is 1. The largest absolute Gasteiger partial charge is 0.481 e. The van der Waals surface area contributed by atoms with E-state index in [4.69, 9.17) is 0 Å². The van der Waals surface area contributed by atoms with Crippen molar-refractivity contribution in [2.24, 2.45) is 5.92 Å². The van der Waals surface area contributed by atoms with Gasteiger partial charge in [-0.05, 0) is 37.0 Å². The quantitative estimate of drug-likeness (QED) is 0.489. The highest BCUT2D eigenvalue weighted by Crippen LogP contribution is 2.16. The summed E-state index contributed by atoms with van der Waals surface area (Å²) in [7, 11) is 0. The lowest BCUT2D eigenvalue weighted by Crippen LogP contribution is -2.15. The fourth-order valence-corrected chi connectivity index (χ4v) is 3.39. The third-order valence-electron chi connectivity index (χ3n) is 5.23. The molecule has 0 aliphatic heterocycles. The van der Waals surface area contributed by atoms with Crippen molar-refractivity contribution in [3.63, 3.8) is 0 Å². The van der Waals surface area contributed by atoms with E-state index >= 15 is 0 Å². The zero-order valence-corrected chi connectivity index (χ0v) is 17.4. The van der Waals surface area contributed by atoms with Gasteiger partial charge in [0.1, 0.15) is 0 Å². The van der Waals surface area contributed by atoms with Gasteiger partial charge in [-0.15, -0.1) is 0 Å².